The molecule has 0 aliphatic rings. The standard InChI is InChI=1S/C21H12BrCl3N4O/c22-13-4-6-15(7-5-13)26-21(30)19-27-20(12-2-1-3-14(23)10-12)29(28-19)16-8-9-17(24)18(25)11-16/h1-11H,(H,26,30). The summed E-state index contributed by atoms with van der Waals surface area (Å²) >= 11 is 21.7. The van der Waals surface area contributed by atoms with Crippen molar-refractivity contribution in [3.63, 3.8) is 0 Å². The SMILES string of the molecule is O=C(Nc1ccc(Br)cc1)c1nc(-c2cccc(Cl)c2)n(-c2ccc(Cl)c(Cl)c2)n1. The summed E-state index contributed by atoms with van der Waals surface area (Å²) in [5.41, 5.74) is 1.93. The molecule has 4 rings (SSSR count). The Hall–Kier alpha value is -2.38. The molecule has 1 heterocycles. The summed E-state index contributed by atoms with van der Waals surface area (Å²) in [6.45, 7) is 0. The fourth-order valence-electron chi connectivity index (χ4n) is 2.74. The number of nitrogens with one attached hydrogen (secondary N) is 1. The van der Waals surface area contributed by atoms with Crippen LogP contribution in [0.1, 0.15) is 10.6 Å². The summed E-state index contributed by atoms with van der Waals surface area (Å²) in [5, 5.41) is 8.52. The maximum Gasteiger partial charge on any atom is 0.295 e. The van der Waals surface area contributed by atoms with E-state index in [1.165, 1.54) is 4.68 Å². The number of nitrogens with zero attached hydrogens (tertiary/aromatic N) is 3. The number of amides is 1. The molecule has 0 spiro atoms. The van der Waals surface area contributed by atoms with E-state index in [1.54, 1.807) is 48.5 Å². The molecule has 3 aromatic carbocycles. The summed E-state index contributed by atoms with van der Waals surface area (Å²) in [4.78, 5) is 17.2. The summed E-state index contributed by atoms with van der Waals surface area (Å²) in [6.07, 6.45) is 0. The minimum atomic E-state index is -0.445. The highest BCUT2D eigenvalue weighted by molar-refractivity contribution is 9.10. The van der Waals surface area contributed by atoms with Crippen LogP contribution < -0.4 is 5.32 Å². The van der Waals surface area contributed by atoms with E-state index in [0.29, 0.717) is 37.8 Å². The van der Waals surface area contributed by atoms with Gasteiger partial charge in [0, 0.05) is 20.7 Å². The minimum Gasteiger partial charge on any atom is -0.319 e. The van der Waals surface area contributed by atoms with Gasteiger partial charge in [0.05, 0.1) is 15.7 Å². The first-order valence-corrected chi connectivity index (χ1v) is 10.6. The average molecular weight is 523 g/mol. The van der Waals surface area contributed by atoms with E-state index in [0.717, 1.165) is 4.47 Å². The Morgan fingerprint density at radius 3 is 2.40 bits per heavy atom. The molecule has 5 nitrogen and oxygen atoms in total. The highest BCUT2D eigenvalue weighted by Crippen LogP contribution is 2.28. The first-order valence-electron chi connectivity index (χ1n) is 8.66. The Kier molecular flexibility index (Phi) is 6.11. The normalized spacial score (nSPS) is 10.8. The molecule has 0 aliphatic heterocycles. The Morgan fingerprint density at radius 1 is 0.933 bits per heavy atom. The van der Waals surface area contributed by atoms with Crippen molar-refractivity contribution in [3.05, 3.63) is 92.1 Å². The molecule has 0 aliphatic carbocycles. The van der Waals surface area contributed by atoms with Gasteiger partial charge in [0.1, 0.15) is 0 Å². The maximum atomic E-state index is 12.8. The molecule has 150 valence electrons. The topological polar surface area (TPSA) is 59.8 Å². The number of hydrogen-bond donors (Lipinski definition) is 1. The number of halogens is 4. The molecule has 1 amide bonds. The van der Waals surface area contributed by atoms with Crippen molar-refractivity contribution in [1.82, 2.24) is 14.8 Å². The van der Waals surface area contributed by atoms with E-state index in [1.807, 2.05) is 18.2 Å². The molecule has 4 aromatic rings. The predicted molar refractivity (Wildman–Crippen MR) is 124 cm³/mol. The highest BCUT2D eigenvalue weighted by Gasteiger charge is 2.19. The fraction of sp³-hybridized carbons (Fsp3) is 0. The lowest BCUT2D eigenvalue weighted by molar-refractivity contribution is 0.101. The molecule has 0 saturated carbocycles. The second-order valence-corrected chi connectivity index (χ2v) is 8.41. The number of rotatable bonds is 4. The number of benzene rings is 3. The Morgan fingerprint density at radius 2 is 1.70 bits per heavy atom. The van der Waals surface area contributed by atoms with Crippen molar-refractivity contribution >= 4 is 62.3 Å². The Balaban J connectivity index is 1.77. The van der Waals surface area contributed by atoms with Crippen LogP contribution in [0.15, 0.2) is 71.2 Å². The molecule has 0 unspecified atom stereocenters. The van der Waals surface area contributed by atoms with Crippen molar-refractivity contribution in [2.45, 2.75) is 0 Å². The average Bonchev–Trinajstić information content (AvgIpc) is 3.17. The third-order valence-electron chi connectivity index (χ3n) is 4.14. The van der Waals surface area contributed by atoms with Crippen molar-refractivity contribution in [3.8, 4) is 17.1 Å². The molecule has 0 saturated heterocycles. The number of anilines is 1. The molecular weight excluding hydrogens is 511 g/mol. The molecule has 0 radical (unpaired) electrons. The van der Waals surface area contributed by atoms with Gasteiger partial charge in [-0.05, 0) is 54.6 Å². The fourth-order valence-corrected chi connectivity index (χ4v) is 3.49. The molecule has 0 fully saturated rings. The van der Waals surface area contributed by atoms with E-state index in [-0.39, 0.29) is 5.82 Å². The van der Waals surface area contributed by atoms with Crippen LogP contribution in [0.2, 0.25) is 15.1 Å². The molecule has 0 atom stereocenters. The van der Waals surface area contributed by atoms with Crippen LogP contribution in [-0.2, 0) is 0 Å². The van der Waals surface area contributed by atoms with Crippen LogP contribution in [-0.4, -0.2) is 20.7 Å². The van der Waals surface area contributed by atoms with Crippen LogP contribution >= 0.6 is 50.7 Å². The van der Waals surface area contributed by atoms with Gasteiger partial charge in [-0.3, -0.25) is 4.79 Å². The zero-order valence-corrected chi connectivity index (χ0v) is 19.0. The molecule has 9 heteroatoms. The first-order chi connectivity index (χ1) is 14.4. The van der Waals surface area contributed by atoms with E-state index >= 15 is 0 Å². The third-order valence-corrected chi connectivity index (χ3v) is 5.65. The maximum absolute atomic E-state index is 12.8. The van der Waals surface area contributed by atoms with Crippen molar-refractivity contribution in [2.24, 2.45) is 0 Å². The summed E-state index contributed by atoms with van der Waals surface area (Å²) in [6, 6.07) is 19.4. The van der Waals surface area contributed by atoms with Crippen molar-refractivity contribution in [1.29, 1.82) is 0 Å². The van der Waals surface area contributed by atoms with Crippen molar-refractivity contribution in [2.75, 3.05) is 5.32 Å². The monoisotopic (exact) mass is 520 g/mol. The van der Waals surface area contributed by atoms with Gasteiger partial charge < -0.3 is 5.32 Å². The smallest absolute Gasteiger partial charge is 0.295 e. The number of carbonyl (C=O) groups excluding carboxylic acids is 1. The predicted octanol–water partition coefficient (Wildman–Crippen LogP) is 6.91. The van der Waals surface area contributed by atoms with Gasteiger partial charge >= 0.3 is 0 Å². The van der Waals surface area contributed by atoms with E-state index in [9.17, 15) is 4.79 Å². The lowest BCUT2D eigenvalue weighted by Crippen LogP contribution is -2.14. The Bertz CT molecular complexity index is 1240. The van der Waals surface area contributed by atoms with Crippen LogP contribution in [0.5, 0.6) is 0 Å². The summed E-state index contributed by atoms with van der Waals surface area (Å²) in [5.74, 6) is -0.00442. The van der Waals surface area contributed by atoms with E-state index < -0.39 is 5.91 Å². The lowest BCUT2D eigenvalue weighted by Gasteiger charge is -2.07. The van der Waals surface area contributed by atoms with Gasteiger partial charge in [-0.25, -0.2) is 9.67 Å². The van der Waals surface area contributed by atoms with Crippen LogP contribution in [0, 0.1) is 0 Å². The Labute approximate surface area is 195 Å². The molecule has 1 aromatic heterocycles. The first kappa shape index (κ1) is 20.9. The third kappa shape index (κ3) is 4.52. The van der Waals surface area contributed by atoms with Crippen molar-refractivity contribution < 1.29 is 4.79 Å². The van der Waals surface area contributed by atoms with Crippen LogP contribution in [0.4, 0.5) is 5.69 Å². The van der Waals surface area contributed by atoms with Gasteiger partial charge in [-0.1, -0.05) is 62.9 Å². The quantitative estimate of drug-likeness (QED) is 0.317. The van der Waals surface area contributed by atoms with Crippen LogP contribution in [0.25, 0.3) is 17.1 Å². The largest absolute Gasteiger partial charge is 0.319 e. The van der Waals surface area contributed by atoms with Gasteiger partial charge in [0.25, 0.3) is 5.91 Å². The number of carbonyl (C=O) groups is 1. The zero-order chi connectivity index (χ0) is 21.3. The minimum absolute atomic E-state index is 0.000957. The van der Waals surface area contributed by atoms with E-state index in [4.69, 9.17) is 34.8 Å². The van der Waals surface area contributed by atoms with Gasteiger partial charge in [0.15, 0.2) is 5.82 Å². The zero-order valence-electron chi connectivity index (χ0n) is 15.1. The summed E-state index contributed by atoms with van der Waals surface area (Å²) in [7, 11) is 0. The second kappa shape index (κ2) is 8.78. The summed E-state index contributed by atoms with van der Waals surface area (Å²) < 4.78 is 2.44. The van der Waals surface area contributed by atoms with Crippen LogP contribution in [0.3, 0.4) is 0 Å². The molecule has 0 bridgehead atoms. The van der Waals surface area contributed by atoms with Gasteiger partial charge in [-0.2, -0.15) is 0 Å². The second-order valence-electron chi connectivity index (χ2n) is 6.24. The number of hydrogen-bond acceptors (Lipinski definition) is 3. The molecule has 30 heavy (non-hydrogen) atoms. The highest BCUT2D eigenvalue weighted by atomic mass is 79.9. The molecule has 1 N–H and O–H groups in total. The molecular formula is C21H12BrCl3N4O. The van der Waals surface area contributed by atoms with Gasteiger partial charge in [0.2, 0.25) is 5.82 Å². The van der Waals surface area contributed by atoms with E-state index in [2.05, 4.69) is 31.3 Å². The lowest BCUT2D eigenvalue weighted by atomic mass is 10.2. The number of aromatic nitrogens is 3. The van der Waals surface area contributed by atoms with Gasteiger partial charge in [-0.15, -0.1) is 5.10 Å².